The molecule has 1 N–H and O–H groups in total. The monoisotopic (exact) mass is 267 g/mol. The van der Waals surface area contributed by atoms with Crippen LogP contribution in [0.25, 0.3) is 0 Å². The van der Waals surface area contributed by atoms with Crippen LogP contribution in [0.5, 0.6) is 0 Å². The lowest BCUT2D eigenvalue weighted by molar-refractivity contribution is -0.125. The van der Waals surface area contributed by atoms with Gasteiger partial charge in [0.15, 0.2) is 5.78 Å². The molecule has 0 saturated carbocycles. The fraction of sp³-hybridized carbons (Fsp3) is 0.429. The molecule has 0 atom stereocenters. The van der Waals surface area contributed by atoms with Crippen molar-refractivity contribution < 1.29 is 9.59 Å². The van der Waals surface area contributed by atoms with Crippen LogP contribution in [0.15, 0.2) is 18.2 Å². The average molecular weight is 268 g/mol. The molecule has 0 aliphatic heterocycles. The highest BCUT2D eigenvalue weighted by Gasteiger charge is 2.21. The quantitative estimate of drug-likeness (QED) is 0.915. The molecule has 0 radical (unpaired) electrons. The van der Waals surface area contributed by atoms with Gasteiger partial charge in [-0.25, -0.2) is 0 Å². The Labute approximate surface area is 113 Å². The van der Waals surface area contributed by atoms with E-state index < -0.39 is 5.41 Å². The minimum Gasteiger partial charge on any atom is -0.345 e. The number of Topliss-reactive ketones (excluding diaryl/α,β-unsaturated/α-hetero) is 1. The maximum absolute atomic E-state index is 11.8. The van der Waals surface area contributed by atoms with Crippen molar-refractivity contribution in [3.05, 3.63) is 34.3 Å². The van der Waals surface area contributed by atoms with Crippen molar-refractivity contribution in [2.75, 3.05) is 6.54 Å². The van der Waals surface area contributed by atoms with Gasteiger partial charge in [0.25, 0.3) is 5.91 Å². The van der Waals surface area contributed by atoms with Crippen molar-refractivity contribution in [3.8, 4) is 0 Å². The SMILES string of the molecule is Cc1cc(C(=O)NCC(=O)C(C)(C)C)ccc1Cl. The molecule has 1 aromatic rings. The van der Waals surface area contributed by atoms with Gasteiger partial charge in [0, 0.05) is 16.0 Å². The molecule has 0 aromatic heterocycles. The van der Waals surface area contributed by atoms with Crippen LogP contribution in [0.4, 0.5) is 0 Å². The number of amides is 1. The predicted octanol–water partition coefficient (Wildman–Crippen LogP) is 2.99. The van der Waals surface area contributed by atoms with E-state index in [0.717, 1.165) is 5.56 Å². The number of hydrogen-bond donors (Lipinski definition) is 1. The maximum atomic E-state index is 11.8. The van der Waals surface area contributed by atoms with Gasteiger partial charge in [-0.1, -0.05) is 32.4 Å². The van der Waals surface area contributed by atoms with Crippen LogP contribution in [0.1, 0.15) is 36.7 Å². The van der Waals surface area contributed by atoms with Gasteiger partial charge in [0.05, 0.1) is 6.54 Å². The molecule has 0 heterocycles. The summed E-state index contributed by atoms with van der Waals surface area (Å²) in [5.41, 5.74) is 0.911. The summed E-state index contributed by atoms with van der Waals surface area (Å²) in [5.74, 6) is -0.256. The molecule has 0 bridgehead atoms. The molecule has 0 aliphatic carbocycles. The number of hydrogen-bond acceptors (Lipinski definition) is 2. The summed E-state index contributed by atoms with van der Waals surface area (Å²) in [4.78, 5) is 23.5. The highest BCUT2D eigenvalue weighted by molar-refractivity contribution is 6.31. The number of rotatable bonds is 3. The van der Waals surface area contributed by atoms with Crippen molar-refractivity contribution >= 4 is 23.3 Å². The van der Waals surface area contributed by atoms with Crippen LogP contribution in [0.2, 0.25) is 5.02 Å². The van der Waals surface area contributed by atoms with Crippen molar-refractivity contribution in [2.24, 2.45) is 5.41 Å². The number of carbonyl (C=O) groups excluding carboxylic acids is 2. The Morgan fingerprint density at radius 2 is 1.89 bits per heavy atom. The fourth-order valence-electron chi connectivity index (χ4n) is 1.31. The molecule has 3 nitrogen and oxygen atoms in total. The first-order valence-electron chi connectivity index (χ1n) is 5.79. The molecular formula is C14H18ClNO2. The Morgan fingerprint density at radius 3 is 2.39 bits per heavy atom. The van der Waals surface area contributed by atoms with E-state index in [-0.39, 0.29) is 18.2 Å². The zero-order valence-electron chi connectivity index (χ0n) is 11.1. The van der Waals surface area contributed by atoms with Gasteiger partial charge < -0.3 is 5.32 Å². The second kappa shape index (κ2) is 5.53. The molecule has 1 amide bonds. The summed E-state index contributed by atoms with van der Waals surface area (Å²) in [7, 11) is 0. The van der Waals surface area contributed by atoms with E-state index in [4.69, 9.17) is 11.6 Å². The summed E-state index contributed by atoms with van der Waals surface area (Å²) in [6.45, 7) is 7.36. The second-order valence-corrected chi connectivity index (χ2v) is 5.73. The van der Waals surface area contributed by atoms with E-state index >= 15 is 0 Å². The topological polar surface area (TPSA) is 46.2 Å². The van der Waals surface area contributed by atoms with E-state index in [1.807, 2.05) is 27.7 Å². The standard InChI is InChI=1S/C14H18ClNO2/c1-9-7-10(5-6-11(9)15)13(18)16-8-12(17)14(2,3)4/h5-7H,8H2,1-4H3,(H,16,18). The van der Waals surface area contributed by atoms with Gasteiger partial charge >= 0.3 is 0 Å². The van der Waals surface area contributed by atoms with Crippen LogP contribution in [-0.4, -0.2) is 18.2 Å². The lowest BCUT2D eigenvalue weighted by atomic mass is 9.91. The molecule has 0 fully saturated rings. The van der Waals surface area contributed by atoms with Crippen LogP contribution in [0.3, 0.4) is 0 Å². The highest BCUT2D eigenvalue weighted by Crippen LogP contribution is 2.16. The summed E-state index contributed by atoms with van der Waals surface area (Å²) >= 11 is 5.89. The molecule has 1 aromatic carbocycles. The third kappa shape index (κ3) is 3.84. The minimum absolute atomic E-state index is 0.00142. The molecule has 0 spiro atoms. The molecule has 98 valence electrons. The number of carbonyl (C=O) groups is 2. The van der Waals surface area contributed by atoms with E-state index in [1.54, 1.807) is 18.2 Å². The van der Waals surface area contributed by atoms with Gasteiger partial charge in [0.1, 0.15) is 0 Å². The molecule has 0 unspecified atom stereocenters. The second-order valence-electron chi connectivity index (χ2n) is 5.32. The molecular weight excluding hydrogens is 250 g/mol. The van der Waals surface area contributed by atoms with E-state index in [2.05, 4.69) is 5.32 Å². The molecule has 4 heteroatoms. The van der Waals surface area contributed by atoms with Crippen LogP contribution in [0, 0.1) is 12.3 Å². The third-order valence-electron chi connectivity index (χ3n) is 2.67. The van der Waals surface area contributed by atoms with E-state index in [0.29, 0.717) is 10.6 Å². The number of halogens is 1. The molecule has 0 aliphatic rings. The Bertz CT molecular complexity index is 475. The lowest BCUT2D eigenvalue weighted by Crippen LogP contribution is -2.35. The van der Waals surface area contributed by atoms with Crippen molar-refractivity contribution in [1.82, 2.24) is 5.32 Å². The van der Waals surface area contributed by atoms with Crippen LogP contribution < -0.4 is 5.32 Å². The number of aryl methyl sites for hydroxylation is 1. The number of ketones is 1. The van der Waals surface area contributed by atoms with Gasteiger partial charge in [-0.2, -0.15) is 0 Å². The van der Waals surface area contributed by atoms with Crippen LogP contribution >= 0.6 is 11.6 Å². The van der Waals surface area contributed by atoms with Crippen molar-refractivity contribution in [3.63, 3.8) is 0 Å². The Kier molecular flexibility index (Phi) is 4.52. The average Bonchev–Trinajstić information content (AvgIpc) is 2.27. The van der Waals surface area contributed by atoms with Crippen molar-refractivity contribution in [1.29, 1.82) is 0 Å². The number of benzene rings is 1. The Hall–Kier alpha value is -1.35. The largest absolute Gasteiger partial charge is 0.345 e. The summed E-state index contributed by atoms with van der Waals surface area (Å²) in [6, 6.07) is 5.03. The summed E-state index contributed by atoms with van der Waals surface area (Å²) < 4.78 is 0. The first-order valence-corrected chi connectivity index (χ1v) is 6.17. The van der Waals surface area contributed by atoms with Gasteiger partial charge in [-0.15, -0.1) is 0 Å². The number of nitrogens with one attached hydrogen (secondary N) is 1. The van der Waals surface area contributed by atoms with E-state index in [9.17, 15) is 9.59 Å². The Morgan fingerprint density at radius 1 is 1.28 bits per heavy atom. The smallest absolute Gasteiger partial charge is 0.251 e. The normalized spacial score (nSPS) is 11.2. The lowest BCUT2D eigenvalue weighted by Gasteiger charge is -2.16. The summed E-state index contributed by atoms with van der Waals surface area (Å²) in [5, 5.41) is 3.24. The first kappa shape index (κ1) is 14.7. The fourth-order valence-corrected chi connectivity index (χ4v) is 1.43. The molecule has 0 saturated heterocycles. The predicted molar refractivity (Wildman–Crippen MR) is 73.0 cm³/mol. The zero-order chi connectivity index (χ0) is 13.9. The maximum Gasteiger partial charge on any atom is 0.251 e. The van der Waals surface area contributed by atoms with Crippen LogP contribution in [-0.2, 0) is 4.79 Å². The Balaban J connectivity index is 2.66. The van der Waals surface area contributed by atoms with Gasteiger partial charge in [-0.05, 0) is 30.7 Å². The molecule has 18 heavy (non-hydrogen) atoms. The first-order chi connectivity index (χ1) is 8.21. The molecule has 1 rings (SSSR count). The third-order valence-corrected chi connectivity index (χ3v) is 3.09. The highest BCUT2D eigenvalue weighted by atomic mass is 35.5. The summed E-state index contributed by atoms with van der Waals surface area (Å²) in [6.07, 6.45) is 0. The van der Waals surface area contributed by atoms with E-state index in [1.165, 1.54) is 0 Å². The van der Waals surface area contributed by atoms with Crippen molar-refractivity contribution in [2.45, 2.75) is 27.7 Å². The minimum atomic E-state index is -0.441. The zero-order valence-corrected chi connectivity index (χ0v) is 11.9. The van der Waals surface area contributed by atoms with Gasteiger partial charge in [0.2, 0.25) is 0 Å². The van der Waals surface area contributed by atoms with Gasteiger partial charge in [-0.3, -0.25) is 9.59 Å².